The molecule has 0 unspecified atom stereocenters. The molecule has 0 aliphatic heterocycles. The summed E-state index contributed by atoms with van der Waals surface area (Å²) in [6, 6.07) is 8.51. The van der Waals surface area contributed by atoms with Crippen LogP contribution in [0, 0.1) is 6.92 Å². The molecule has 0 heterocycles. The predicted molar refractivity (Wildman–Crippen MR) is 41.0 cm³/mol. The van der Waals surface area contributed by atoms with Crippen LogP contribution in [-0.2, 0) is 19.4 Å². The zero-order chi connectivity index (χ0) is 7.56. The summed E-state index contributed by atoms with van der Waals surface area (Å²) < 4.78 is 1.47. The average Bonchev–Trinajstić information content (AvgIpc) is 1.88. The monoisotopic (exact) mass is 302 g/mol. The summed E-state index contributed by atoms with van der Waals surface area (Å²) in [5.74, 6) is 0. The van der Waals surface area contributed by atoms with Crippen LogP contribution in [0.5, 0.6) is 0 Å². The van der Waals surface area contributed by atoms with Gasteiger partial charge in [0.1, 0.15) is 0 Å². The Morgan fingerprint density at radius 3 is 2.30 bits per heavy atom. The van der Waals surface area contributed by atoms with E-state index < -0.39 is 0 Å². The molecule has 0 spiro atoms. The second kappa shape index (κ2) is 3.25. The minimum absolute atomic E-state index is 1.38. The van der Waals surface area contributed by atoms with Gasteiger partial charge in [0.2, 0.25) is 0 Å². The van der Waals surface area contributed by atoms with Crippen molar-refractivity contribution >= 4 is 3.90 Å². The van der Waals surface area contributed by atoms with Crippen molar-refractivity contribution in [3.63, 3.8) is 0 Å². The average molecular weight is 302 g/mol. The molecule has 10 heavy (non-hydrogen) atoms. The molecule has 1 aromatic rings. The molecule has 0 atom stereocenters. The van der Waals surface area contributed by atoms with Crippen molar-refractivity contribution in [2.75, 3.05) is 0 Å². The molecule has 0 saturated heterocycles. The molecule has 1 aromatic carbocycles. The molecule has 0 saturated carbocycles. The number of benzene rings is 1. The van der Waals surface area contributed by atoms with Crippen LogP contribution in [0.4, 0.5) is 0 Å². The van der Waals surface area contributed by atoms with E-state index in [0.717, 1.165) is 0 Å². The first-order valence-electron chi connectivity index (χ1n) is 3.28. The van der Waals surface area contributed by atoms with Crippen molar-refractivity contribution in [1.82, 2.24) is 0 Å². The molecule has 0 nitrogen and oxygen atoms in total. The van der Waals surface area contributed by atoms with Crippen LogP contribution >= 0.6 is 0 Å². The second-order valence-corrected chi connectivity index (χ2v) is 4.57. The summed E-state index contributed by atoms with van der Waals surface area (Å²) in [6.07, 6.45) is 0. The third kappa shape index (κ3) is 1.64. The van der Waals surface area contributed by atoms with Gasteiger partial charge in [0, 0.05) is 0 Å². The van der Waals surface area contributed by atoms with Crippen molar-refractivity contribution in [3.05, 3.63) is 35.4 Å². The summed E-state index contributed by atoms with van der Waals surface area (Å²) in [6.45, 7) is 4.33. The Morgan fingerprint density at radius 1 is 1.30 bits per heavy atom. The van der Waals surface area contributed by atoms with Crippen molar-refractivity contribution in [2.45, 2.75) is 13.8 Å². The van der Waals surface area contributed by atoms with Gasteiger partial charge in [-0.3, -0.25) is 0 Å². The number of rotatable bonds is 1. The van der Waals surface area contributed by atoms with Gasteiger partial charge in [0.05, 0.1) is 0 Å². The molecule has 0 fully saturated rings. The van der Waals surface area contributed by atoms with E-state index in [1.165, 1.54) is 15.0 Å². The molecule has 0 aliphatic rings. The molecule has 0 bridgehead atoms. The van der Waals surface area contributed by atoms with Gasteiger partial charge in [-0.1, -0.05) is 0 Å². The van der Waals surface area contributed by atoms with Gasteiger partial charge >= 0.3 is 72.5 Å². The molecule has 52 valence electrons. The Balaban J connectivity index is 3.15. The van der Waals surface area contributed by atoms with E-state index in [9.17, 15) is 0 Å². The van der Waals surface area contributed by atoms with Gasteiger partial charge < -0.3 is 0 Å². The minimum atomic E-state index is 1.38. The van der Waals surface area contributed by atoms with Crippen molar-refractivity contribution < 1.29 is 19.4 Å². The van der Waals surface area contributed by atoms with Crippen LogP contribution in [0.2, 0.25) is 0 Å². The first-order chi connectivity index (χ1) is 4.72. The normalized spacial score (nSPS) is 9.40. The fraction of sp³-hybridized carbons (Fsp3) is 0.222. The van der Waals surface area contributed by atoms with E-state index in [0.29, 0.717) is 0 Å². The molecule has 1 rings (SSSR count). The van der Waals surface area contributed by atoms with Gasteiger partial charge in [-0.25, -0.2) is 0 Å². The zero-order valence-corrected chi connectivity index (χ0v) is 9.15. The molecular weight excluding hydrogens is 292 g/mol. The third-order valence-corrected chi connectivity index (χ3v) is 2.31. The van der Waals surface area contributed by atoms with Crippen molar-refractivity contribution in [1.29, 1.82) is 0 Å². The Kier molecular flexibility index (Phi) is 2.56. The number of hydrogen-bond acceptors (Lipinski definition) is 0. The maximum absolute atomic E-state index is 2.18. The molecule has 0 N–H and O–H groups in total. The van der Waals surface area contributed by atoms with Crippen LogP contribution in [0.1, 0.15) is 18.1 Å². The topological polar surface area (TPSA) is 0 Å². The molecular formula is C9H10W. The molecule has 0 amide bonds. The second-order valence-electron chi connectivity index (χ2n) is 2.37. The van der Waals surface area contributed by atoms with Gasteiger partial charge in [0.15, 0.2) is 0 Å². The predicted octanol–water partition coefficient (Wildman–Crippen LogP) is 2.08. The quantitative estimate of drug-likeness (QED) is 0.745. The van der Waals surface area contributed by atoms with Gasteiger partial charge in [-0.2, -0.15) is 0 Å². The van der Waals surface area contributed by atoms with Gasteiger partial charge in [-0.15, -0.1) is 0 Å². The fourth-order valence-electron chi connectivity index (χ4n) is 0.968. The van der Waals surface area contributed by atoms with Crippen molar-refractivity contribution in [3.8, 4) is 0 Å². The molecule has 0 aromatic heterocycles. The Morgan fingerprint density at radius 2 is 1.90 bits per heavy atom. The number of aryl methyl sites for hydroxylation is 1. The Hall–Kier alpha value is -0.222. The Bertz CT molecular complexity index is 251. The molecule has 1 heteroatoms. The summed E-state index contributed by atoms with van der Waals surface area (Å²) >= 11 is 1.56. The third-order valence-electron chi connectivity index (χ3n) is 1.52. The summed E-state index contributed by atoms with van der Waals surface area (Å²) in [4.78, 5) is 0. The van der Waals surface area contributed by atoms with E-state index in [1.54, 1.807) is 19.4 Å². The van der Waals surface area contributed by atoms with Crippen LogP contribution in [-0.4, -0.2) is 3.90 Å². The van der Waals surface area contributed by atoms with Gasteiger partial charge in [-0.05, 0) is 0 Å². The summed E-state index contributed by atoms with van der Waals surface area (Å²) in [5, 5.41) is 0. The first kappa shape index (κ1) is 7.88. The van der Waals surface area contributed by atoms with Crippen LogP contribution in [0.3, 0.4) is 0 Å². The molecule has 0 aliphatic carbocycles. The van der Waals surface area contributed by atoms with E-state index in [4.69, 9.17) is 0 Å². The van der Waals surface area contributed by atoms with Crippen molar-refractivity contribution in [2.24, 2.45) is 0 Å². The van der Waals surface area contributed by atoms with Gasteiger partial charge in [0.25, 0.3) is 0 Å². The van der Waals surface area contributed by atoms with E-state index in [1.807, 2.05) is 0 Å². The van der Waals surface area contributed by atoms with Crippen LogP contribution in [0.25, 0.3) is 0 Å². The van der Waals surface area contributed by atoms with E-state index in [-0.39, 0.29) is 0 Å². The zero-order valence-electron chi connectivity index (χ0n) is 6.22. The summed E-state index contributed by atoms with van der Waals surface area (Å²) in [5.41, 5.74) is 2.80. The standard InChI is InChI=1S/C9H10.W/c1-3-9-7-5-4-6-8(9)2;/h4-7H,1-2H3;. The Labute approximate surface area is 72.7 Å². The van der Waals surface area contributed by atoms with Crippen LogP contribution in [0.15, 0.2) is 24.3 Å². The fourth-order valence-corrected chi connectivity index (χ4v) is 1.79. The van der Waals surface area contributed by atoms with E-state index >= 15 is 0 Å². The SMILES string of the molecule is C[C](=[W])c1ccccc1C. The van der Waals surface area contributed by atoms with Crippen LogP contribution < -0.4 is 0 Å². The first-order valence-corrected chi connectivity index (χ1v) is 4.75. The van der Waals surface area contributed by atoms with E-state index in [2.05, 4.69) is 38.1 Å². The maximum atomic E-state index is 2.18. The summed E-state index contributed by atoms with van der Waals surface area (Å²) in [7, 11) is 0. The molecule has 0 radical (unpaired) electrons. The number of hydrogen-bond donors (Lipinski definition) is 0.